The Bertz CT molecular complexity index is 137. The summed E-state index contributed by atoms with van der Waals surface area (Å²) in [4.78, 5) is 10.1. The van der Waals surface area contributed by atoms with E-state index >= 15 is 0 Å². The Balaban J connectivity index is 0.000001000. The van der Waals surface area contributed by atoms with Crippen LogP contribution in [0.5, 0.6) is 0 Å². The lowest BCUT2D eigenvalue weighted by atomic mass is 9.82. The highest BCUT2D eigenvalue weighted by Gasteiger charge is 2.26. The quantitative estimate of drug-likeness (QED) is 0.639. The number of ether oxygens (including phenoxy) is 1. The van der Waals surface area contributed by atoms with Gasteiger partial charge in [-0.3, -0.25) is 0 Å². The fraction of sp³-hybridized carbons (Fsp3) is 0.833. The first-order chi connectivity index (χ1) is 4.68. The number of hydrogen-bond acceptors (Lipinski definition) is 3. The number of amides is 1. The van der Waals surface area contributed by atoms with E-state index in [4.69, 9.17) is 11.5 Å². The van der Waals surface area contributed by atoms with Crippen LogP contribution in [0.25, 0.3) is 0 Å². The Labute approximate surface area is 71.7 Å². The molecule has 0 aromatic carbocycles. The zero-order valence-corrected chi connectivity index (χ0v) is 6.97. The molecule has 5 heteroatoms. The second kappa shape index (κ2) is 4.41. The minimum Gasteiger partial charge on any atom is -0.449 e. The zero-order valence-electron chi connectivity index (χ0n) is 6.16. The van der Waals surface area contributed by atoms with E-state index < -0.39 is 6.09 Å². The number of hydrogen-bond donors (Lipinski definition) is 2. The minimum atomic E-state index is -0.694. The normalized spacial score (nSPS) is 28.1. The Morgan fingerprint density at radius 1 is 1.55 bits per heavy atom. The van der Waals surface area contributed by atoms with E-state index in [1.165, 1.54) is 0 Å². The van der Waals surface area contributed by atoms with Crippen molar-refractivity contribution in [2.24, 2.45) is 17.4 Å². The van der Waals surface area contributed by atoms with Gasteiger partial charge in [0.15, 0.2) is 0 Å². The van der Waals surface area contributed by atoms with Crippen LogP contribution in [0.3, 0.4) is 0 Å². The van der Waals surface area contributed by atoms with Crippen LogP contribution >= 0.6 is 12.4 Å². The molecule has 1 fully saturated rings. The summed E-state index contributed by atoms with van der Waals surface area (Å²) in [5, 5.41) is 0. The largest absolute Gasteiger partial charge is 0.449 e. The molecule has 0 saturated heterocycles. The van der Waals surface area contributed by atoms with E-state index in [1.807, 2.05) is 0 Å². The molecule has 1 saturated carbocycles. The van der Waals surface area contributed by atoms with Crippen LogP contribution in [0.4, 0.5) is 4.79 Å². The van der Waals surface area contributed by atoms with Gasteiger partial charge in [-0.1, -0.05) is 0 Å². The third kappa shape index (κ3) is 3.43. The molecule has 1 amide bonds. The van der Waals surface area contributed by atoms with Crippen LogP contribution in [-0.2, 0) is 4.74 Å². The second-order valence-corrected chi connectivity index (χ2v) is 2.73. The van der Waals surface area contributed by atoms with Crippen molar-refractivity contribution in [3.63, 3.8) is 0 Å². The summed E-state index contributed by atoms with van der Waals surface area (Å²) in [6.45, 7) is 0.434. The van der Waals surface area contributed by atoms with E-state index in [0.717, 1.165) is 12.8 Å². The van der Waals surface area contributed by atoms with Gasteiger partial charge in [0.2, 0.25) is 0 Å². The molecule has 11 heavy (non-hydrogen) atoms. The van der Waals surface area contributed by atoms with Gasteiger partial charge in [-0.15, -0.1) is 12.4 Å². The number of nitrogens with two attached hydrogens (primary N) is 2. The molecule has 1 rings (SSSR count). The second-order valence-electron chi connectivity index (χ2n) is 2.73. The van der Waals surface area contributed by atoms with Crippen LogP contribution in [0.15, 0.2) is 0 Å². The van der Waals surface area contributed by atoms with Crippen molar-refractivity contribution in [2.45, 2.75) is 18.9 Å². The first kappa shape index (κ1) is 10.5. The average molecular weight is 181 g/mol. The summed E-state index contributed by atoms with van der Waals surface area (Å²) in [7, 11) is 0. The lowest BCUT2D eigenvalue weighted by Gasteiger charge is -2.31. The molecule has 0 aliphatic heterocycles. The molecule has 1 aliphatic carbocycles. The lowest BCUT2D eigenvalue weighted by Crippen LogP contribution is -2.39. The first-order valence-electron chi connectivity index (χ1n) is 3.36. The average Bonchev–Trinajstić information content (AvgIpc) is 1.77. The minimum absolute atomic E-state index is 0. The maximum absolute atomic E-state index is 10.1. The number of carbonyl (C=O) groups excluding carboxylic acids is 1. The van der Waals surface area contributed by atoms with Crippen LogP contribution in [0.1, 0.15) is 12.8 Å². The standard InChI is InChI=1S/C6H12N2O2.ClH/c7-5-1-4(2-5)3-10-6(8)9;/h4-5H,1-3,7H2,(H2,8,9);1H. The molecular weight excluding hydrogens is 168 g/mol. The van der Waals surface area contributed by atoms with Gasteiger partial charge < -0.3 is 16.2 Å². The Morgan fingerprint density at radius 3 is 2.45 bits per heavy atom. The van der Waals surface area contributed by atoms with Crippen LogP contribution in [0.2, 0.25) is 0 Å². The summed E-state index contributed by atoms with van der Waals surface area (Å²) in [5.74, 6) is 0.447. The highest BCUT2D eigenvalue weighted by Crippen LogP contribution is 2.25. The molecular formula is C6H13ClN2O2. The van der Waals surface area contributed by atoms with Gasteiger partial charge in [-0.2, -0.15) is 0 Å². The van der Waals surface area contributed by atoms with Crippen molar-refractivity contribution in [1.82, 2.24) is 0 Å². The highest BCUT2D eigenvalue weighted by atomic mass is 35.5. The molecule has 0 spiro atoms. The molecule has 0 unspecified atom stereocenters. The highest BCUT2D eigenvalue weighted by molar-refractivity contribution is 5.85. The van der Waals surface area contributed by atoms with E-state index in [9.17, 15) is 4.79 Å². The number of carbonyl (C=O) groups is 1. The summed E-state index contributed by atoms with van der Waals surface area (Å²) in [6.07, 6.45) is 1.21. The topological polar surface area (TPSA) is 78.3 Å². The molecule has 0 bridgehead atoms. The van der Waals surface area contributed by atoms with Gasteiger partial charge in [0.25, 0.3) is 0 Å². The molecule has 0 aromatic rings. The van der Waals surface area contributed by atoms with Gasteiger partial charge in [-0.25, -0.2) is 4.79 Å². The summed E-state index contributed by atoms with van der Waals surface area (Å²) < 4.78 is 4.58. The Morgan fingerprint density at radius 2 is 2.09 bits per heavy atom. The van der Waals surface area contributed by atoms with Crippen molar-refractivity contribution in [2.75, 3.05) is 6.61 Å². The molecule has 0 radical (unpaired) electrons. The molecule has 0 atom stereocenters. The molecule has 4 nitrogen and oxygen atoms in total. The third-order valence-corrected chi connectivity index (χ3v) is 1.73. The SMILES string of the molecule is Cl.NC(=O)OCC1CC(N)C1. The smallest absolute Gasteiger partial charge is 0.404 e. The van der Waals surface area contributed by atoms with Crippen molar-refractivity contribution >= 4 is 18.5 Å². The Kier molecular flexibility index (Phi) is 4.22. The predicted molar refractivity (Wildman–Crippen MR) is 43.5 cm³/mol. The van der Waals surface area contributed by atoms with Crippen LogP contribution in [-0.4, -0.2) is 18.7 Å². The number of halogens is 1. The van der Waals surface area contributed by atoms with Crippen molar-refractivity contribution < 1.29 is 9.53 Å². The van der Waals surface area contributed by atoms with Crippen molar-refractivity contribution in [3.05, 3.63) is 0 Å². The van der Waals surface area contributed by atoms with Gasteiger partial charge in [0.05, 0.1) is 6.61 Å². The van der Waals surface area contributed by atoms with Gasteiger partial charge in [0, 0.05) is 6.04 Å². The summed E-state index contributed by atoms with van der Waals surface area (Å²) >= 11 is 0. The molecule has 1 aliphatic rings. The molecule has 4 N–H and O–H groups in total. The first-order valence-corrected chi connectivity index (χ1v) is 3.36. The zero-order chi connectivity index (χ0) is 7.56. The van der Waals surface area contributed by atoms with Crippen LogP contribution in [0, 0.1) is 5.92 Å². The lowest BCUT2D eigenvalue weighted by molar-refractivity contribution is 0.102. The van der Waals surface area contributed by atoms with E-state index in [0.29, 0.717) is 18.6 Å². The monoisotopic (exact) mass is 180 g/mol. The van der Waals surface area contributed by atoms with Crippen LogP contribution < -0.4 is 11.5 Å². The summed E-state index contributed by atoms with van der Waals surface area (Å²) in [5.41, 5.74) is 10.3. The van der Waals surface area contributed by atoms with E-state index in [2.05, 4.69) is 4.74 Å². The maximum atomic E-state index is 10.1. The molecule has 0 aromatic heterocycles. The fourth-order valence-corrected chi connectivity index (χ4v) is 1.12. The molecule has 66 valence electrons. The van der Waals surface area contributed by atoms with Gasteiger partial charge in [0.1, 0.15) is 0 Å². The third-order valence-electron chi connectivity index (χ3n) is 1.73. The van der Waals surface area contributed by atoms with Gasteiger partial charge in [-0.05, 0) is 18.8 Å². The predicted octanol–water partition coefficient (Wildman–Crippen LogP) is 0.241. The van der Waals surface area contributed by atoms with E-state index in [-0.39, 0.29) is 12.4 Å². The fourth-order valence-electron chi connectivity index (χ4n) is 1.12. The van der Waals surface area contributed by atoms with Crippen molar-refractivity contribution in [3.8, 4) is 0 Å². The number of rotatable bonds is 2. The number of primary amides is 1. The van der Waals surface area contributed by atoms with E-state index in [1.54, 1.807) is 0 Å². The summed E-state index contributed by atoms with van der Waals surface area (Å²) in [6, 6.07) is 0.307. The van der Waals surface area contributed by atoms with Gasteiger partial charge >= 0.3 is 6.09 Å². The molecule has 0 heterocycles. The van der Waals surface area contributed by atoms with Crippen molar-refractivity contribution in [1.29, 1.82) is 0 Å². The Hall–Kier alpha value is -0.480. The maximum Gasteiger partial charge on any atom is 0.404 e.